The number of nitro benzene ring substituents is 1. The van der Waals surface area contributed by atoms with Crippen LogP contribution in [0.25, 0.3) is 0 Å². The van der Waals surface area contributed by atoms with Crippen LogP contribution < -0.4 is 5.32 Å². The van der Waals surface area contributed by atoms with Crippen molar-refractivity contribution in [1.82, 2.24) is 5.32 Å². The maximum Gasteiger partial charge on any atom is 0.283 e. The van der Waals surface area contributed by atoms with Crippen molar-refractivity contribution >= 4 is 23.4 Å². The smallest absolute Gasteiger partial charge is 0.283 e. The zero-order valence-corrected chi connectivity index (χ0v) is 12.5. The zero-order chi connectivity index (χ0) is 15.7. The van der Waals surface area contributed by atoms with Crippen LogP contribution in [0.3, 0.4) is 0 Å². The van der Waals surface area contributed by atoms with E-state index in [4.69, 9.17) is 9.84 Å². The molecular formula is C13H18N2O5S. The molecule has 1 aromatic rings. The first kappa shape index (κ1) is 17.4. The lowest BCUT2D eigenvalue weighted by Gasteiger charge is -2.07. The number of nitrogens with one attached hydrogen (secondary N) is 1. The molecule has 0 saturated carbocycles. The number of thioether (sulfide) groups is 1. The highest BCUT2D eigenvalue weighted by Crippen LogP contribution is 2.28. The second-order valence-electron chi connectivity index (χ2n) is 4.09. The quantitative estimate of drug-likeness (QED) is 0.309. The van der Waals surface area contributed by atoms with Crippen molar-refractivity contribution in [2.45, 2.75) is 11.3 Å². The first-order valence-electron chi connectivity index (χ1n) is 6.39. The van der Waals surface area contributed by atoms with E-state index in [0.717, 1.165) is 0 Å². The number of carbonyl (C=O) groups is 1. The van der Waals surface area contributed by atoms with Crippen LogP contribution >= 0.6 is 11.8 Å². The predicted molar refractivity (Wildman–Crippen MR) is 79.7 cm³/mol. The fourth-order valence-corrected chi connectivity index (χ4v) is 2.17. The van der Waals surface area contributed by atoms with Crippen LogP contribution in [-0.4, -0.2) is 48.6 Å². The summed E-state index contributed by atoms with van der Waals surface area (Å²) >= 11 is 1.26. The predicted octanol–water partition coefficient (Wildman–Crippen LogP) is 1.45. The number of ether oxygens (including phenoxy) is 1. The van der Waals surface area contributed by atoms with Gasteiger partial charge in [0.15, 0.2) is 0 Å². The van der Waals surface area contributed by atoms with Crippen molar-refractivity contribution in [2.75, 3.05) is 32.6 Å². The van der Waals surface area contributed by atoms with E-state index in [1.807, 2.05) is 0 Å². The molecule has 0 aliphatic rings. The number of rotatable bonds is 9. The summed E-state index contributed by atoms with van der Waals surface area (Å²) in [7, 11) is 0. The van der Waals surface area contributed by atoms with Gasteiger partial charge in [0.05, 0.1) is 23.0 Å². The molecule has 0 aliphatic carbocycles. The first-order chi connectivity index (χ1) is 10.1. The summed E-state index contributed by atoms with van der Waals surface area (Å²) in [5, 5.41) is 22.1. The van der Waals surface area contributed by atoms with Gasteiger partial charge in [0.2, 0.25) is 0 Å². The summed E-state index contributed by atoms with van der Waals surface area (Å²) < 4.78 is 5.06. The van der Waals surface area contributed by atoms with Gasteiger partial charge in [-0.15, -0.1) is 11.8 Å². The summed E-state index contributed by atoms with van der Waals surface area (Å²) in [6, 6.07) is 4.42. The Kier molecular flexibility index (Phi) is 7.73. The third-order valence-corrected chi connectivity index (χ3v) is 3.41. The molecule has 0 unspecified atom stereocenters. The van der Waals surface area contributed by atoms with Gasteiger partial charge in [0, 0.05) is 24.8 Å². The van der Waals surface area contributed by atoms with Crippen LogP contribution in [0.5, 0.6) is 0 Å². The third kappa shape index (κ3) is 5.70. The highest BCUT2D eigenvalue weighted by atomic mass is 32.2. The van der Waals surface area contributed by atoms with E-state index in [2.05, 4.69) is 5.32 Å². The van der Waals surface area contributed by atoms with Crippen molar-refractivity contribution < 1.29 is 19.6 Å². The maximum absolute atomic E-state index is 11.9. The molecule has 0 fully saturated rings. The van der Waals surface area contributed by atoms with Gasteiger partial charge in [-0.3, -0.25) is 14.9 Å². The summed E-state index contributed by atoms with van der Waals surface area (Å²) in [5.41, 5.74) is 0.192. The van der Waals surface area contributed by atoms with Crippen LogP contribution in [0.15, 0.2) is 23.1 Å². The summed E-state index contributed by atoms with van der Waals surface area (Å²) in [6.45, 7) is 1.09. The molecule has 7 nitrogen and oxygen atoms in total. The van der Waals surface area contributed by atoms with Gasteiger partial charge in [-0.05, 0) is 24.8 Å². The summed E-state index contributed by atoms with van der Waals surface area (Å²) in [5.74, 6) is -0.354. The molecule has 0 aromatic heterocycles. The molecule has 1 amide bonds. The largest absolute Gasteiger partial charge is 0.394 e. The lowest BCUT2D eigenvalue weighted by atomic mass is 10.2. The molecule has 0 saturated heterocycles. The first-order valence-corrected chi connectivity index (χ1v) is 7.62. The number of carbonyl (C=O) groups excluding carboxylic acids is 1. The molecule has 0 spiro atoms. The lowest BCUT2D eigenvalue weighted by Crippen LogP contribution is -2.25. The molecule has 0 atom stereocenters. The number of aliphatic hydroxyl groups excluding tert-OH is 1. The van der Waals surface area contributed by atoms with Crippen molar-refractivity contribution in [3.63, 3.8) is 0 Å². The maximum atomic E-state index is 11.9. The Morgan fingerprint density at radius 3 is 2.86 bits per heavy atom. The fourth-order valence-electron chi connectivity index (χ4n) is 1.62. The number of amides is 1. The molecule has 2 N–H and O–H groups in total. The topological polar surface area (TPSA) is 102 Å². The third-order valence-electron chi connectivity index (χ3n) is 2.62. The van der Waals surface area contributed by atoms with E-state index in [-0.39, 0.29) is 30.4 Å². The number of benzene rings is 1. The van der Waals surface area contributed by atoms with Gasteiger partial charge in [0.1, 0.15) is 0 Å². The van der Waals surface area contributed by atoms with E-state index in [1.54, 1.807) is 18.4 Å². The summed E-state index contributed by atoms with van der Waals surface area (Å²) in [6.07, 6.45) is 2.35. The molecule has 1 aromatic carbocycles. The molecule has 0 heterocycles. The van der Waals surface area contributed by atoms with E-state index in [9.17, 15) is 14.9 Å². The van der Waals surface area contributed by atoms with E-state index >= 15 is 0 Å². The monoisotopic (exact) mass is 314 g/mol. The van der Waals surface area contributed by atoms with Crippen LogP contribution in [0, 0.1) is 10.1 Å². The second kappa shape index (κ2) is 9.32. The molecule has 0 radical (unpaired) electrons. The van der Waals surface area contributed by atoms with Crippen LogP contribution in [0.2, 0.25) is 0 Å². The molecule has 0 aliphatic heterocycles. The SMILES string of the molecule is CSc1ccc(C(=O)NCCCOCCO)cc1[N+](=O)[O-]. The van der Waals surface area contributed by atoms with Gasteiger partial charge in [-0.2, -0.15) is 0 Å². The number of hydrogen-bond donors (Lipinski definition) is 2. The van der Waals surface area contributed by atoms with Crippen molar-refractivity contribution in [1.29, 1.82) is 0 Å². The number of nitrogens with zero attached hydrogens (tertiary/aromatic N) is 1. The molecule has 116 valence electrons. The van der Waals surface area contributed by atoms with Gasteiger partial charge in [-0.25, -0.2) is 0 Å². The zero-order valence-electron chi connectivity index (χ0n) is 11.7. The minimum Gasteiger partial charge on any atom is -0.394 e. The minimum atomic E-state index is -0.495. The van der Waals surface area contributed by atoms with E-state index in [1.165, 1.54) is 17.8 Å². The van der Waals surface area contributed by atoms with E-state index < -0.39 is 4.92 Å². The standard InChI is InChI=1S/C13H18N2O5S/c1-21-12-4-3-10(9-11(12)15(18)19)13(17)14-5-2-7-20-8-6-16/h3-4,9,16H,2,5-8H2,1H3,(H,14,17). The molecule has 8 heteroatoms. The van der Waals surface area contributed by atoms with Gasteiger partial charge < -0.3 is 15.2 Å². The Morgan fingerprint density at radius 2 is 2.24 bits per heavy atom. The Bertz CT molecular complexity index is 495. The Balaban J connectivity index is 2.54. The normalized spacial score (nSPS) is 10.4. The Hall–Kier alpha value is -1.64. The van der Waals surface area contributed by atoms with Crippen molar-refractivity contribution in [3.8, 4) is 0 Å². The van der Waals surface area contributed by atoms with Gasteiger partial charge >= 0.3 is 0 Å². The molecule has 1 rings (SSSR count). The minimum absolute atomic E-state index is 0.0299. The molecule has 0 bridgehead atoms. The van der Waals surface area contributed by atoms with Crippen molar-refractivity contribution in [2.24, 2.45) is 0 Å². The molecule has 21 heavy (non-hydrogen) atoms. The number of aliphatic hydroxyl groups is 1. The van der Waals surface area contributed by atoms with Crippen LogP contribution in [-0.2, 0) is 4.74 Å². The summed E-state index contributed by atoms with van der Waals surface area (Å²) in [4.78, 5) is 22.9. The van der Waals surface area contributed by atoms with E-state index in [0.29, 0.717) is 24.5 Å². The average molecular weight is 314 g/mol. The Labute approximate surface area is 126 Å². The van der Waals surface area contributed by atoms with Crippen LogP contribution in [0.4, 0.5) is 5.69 Å². The fraction of sp³-hybridized carbons (Fsp3) is 0.462. The lowest BCUT2D eigenvalue weighted by molar-refractivity contribution is -0.387. The average Bonchev–Trinajstić information content (AvgIpc) is 2.49. The second-order valence-corrected chi connectivity index (χ2v) is 4.94. The number of hydrogen-bond acceptors (Lipinski definition) is 6. The number of nitro groups is 1. The highest BCUT2D eigenvalue weighted by Gasteiger charge is 2.16. The van der Waals surface area contributed by atoms with Crippen LogP contribution in [0.1, 0.15) is 16.8 Å². The highest BCUT2D eigenvalue weighted by molar-refractivity contribution is 7.98. The van der Waals surface area contributed by atoms with Gasteiger partial charge in [-0.1, -0.05) is 0 Å². The van der Waals surface area contributed by atoms with Crippen molar-refractivity contribution in [3.05, 3.63) is 33.9 Å². The Morgan fingerprint density at radius 1 is 1.48 bits per heavy atom. The molecular weight excluding hydrogens is 296 g/mol. The van der Waals surface area contributed by atoms with Gasteiger partial charge in [0.25, 0.3) is 11.6 Å².